The fourth-order valence-corrected chi connectivity index (χ4v) is 3.32. The van der Waals surface area contributed by atoms with E-state index in [9.17, 15) is 4.79 Å². The van der Waals surface area contributed by atoms with E-state index in [4.69, 9.17) is 17.4 Å². The van der Waals surface area contributed by atoms with Gasteiger partial charge in [0.2, 0.25) is 5.91 Å². The maximum absolute atomic E-state index is 12.3. The summed E-state index contributed by atoms with van der Waals surface area (Å²) in [6.45, 7) is 0.261. The summed E-state index contributed by atoms with van der Waals surface area (Å²) in [4.78, 5) is 13.8. The molecule has 0 spiro atoms. The molecule has 4 unspecified atom stereocenters. The Balaban J connectivity index is 2.09. The van der Waals surface area contributed by atoms with Crippen LogP contribution in [0, 0.1) is 41.4 Å². The molecule has 0 saturated heterocycles. The highest BCUT2D eigenvalue weighted by Gasteiger charge is 2.49. The zero-order chi connectivity index (χ0) is 12.4. The smallest absolute Gasteiger partial charge is 0.229 e. The number of fused-ring (bicyclic) bond motifs is 2. The minimum Gasteiger partial charge on any atom is -0.327 e. The van der Waals surface area contributed by atoms with E-state index < -0.39 is 0 Å². The lowest BCUT2D eigenvalue weighted by molar-refractivity contribution is -0.136. The molecular weight excluding hydrogens is 214 g/mol. The van der Waals surface area contributed by atoms with E-state index in [1.165, 1.54) is 4.90 Å². The predicted molar refractivity (Wildman–Crippen MR) is 63.3 cm³/mol. The van der Waals surface area contributed by atoms with Gasteiger partial charge in [0.15, 0.2) is 0 Å². The fraction of sp³-hybridized carbons (Fsp3) is 0.692. The summed E-state index contributed by atoms with van der Waals surface area (Å²) in [6, 6.07) is 1.94. The van der Waals surface area contributed by atoms with Crippen molar-refractivity contribution in [3.63, 3.8) is 0 Å². The van der Waals surface area contributed by atoms with Gasteiger partial charge in [-0.2, -0.15) is 5.26 Å². The molecule has 17 heavy (non-hydrogen) atoms. The molecule has 2 rings (SSSR count). The lowest BCUT2D eigenvalue weighted by Gasteiger charge is -2.30. The molecule has 0 aromatic carbocycles. The summed E-state index contributed by atoms with van der Waals surface area (Å²) in [5, 5.41) is 8.71. The third kappa shape index (κ3) is 2.01. The molecule has 0 radical (unpaired) electrons. The average Bonchev–Trinajstić information content (AvgIpc) is 2.88. The van der Waals surface area contributed by atoms with Crippen LogP contribution in [0.1, 0.15) is 19.3 Å². The number of nitrogens with zero attached hydrogens (tertiary/aromatic N) is 2. The fourth-order valence-electron chi connectivity index (χ4n) is 3.32. The molecule has 2 N–H and O–H groups in total. The molecular formula is C13H17N3O. The van der Waals surface area contributed by atoms with Gasteiger partial charge >= 0.3 is 0 Å². The van der Waals surface area contributed by atoms with Crippen molar-refractivity contribution >= 4 is 5.91 Å². The van der Waals surface area contributed by atoms with Crippen LogP contribution in [0.4, 0.5) is 0 Å². The Morgan fingerprint density at radius 1 is 1.41 bits per heavy atom. The van der Waals surface area contributed by atoms with Crippen LogP contribution < -0.4 is 5.73 Å². The lowest BCUT2D eigenvalue weighted by Crippen LogP contribution is -2.47. The van der Waals surface area contributed by atoms with Crippen molar-refractivity contribution in [1.29, 1.82) is 5.26 Å². The van der Waals surface area contributed by atoms with Crippen molar-refractivity contribution in [2.24, 2.45) is 23.5 Å². The van der Waals surface area contributed by atoms with Crippen LogP contribution in [0.5, 0.6) is 0 Å². The van der Waals surface area contributed by atoms with E-state index in [0.29, 0.717) is 11.8 Å². The highest BCUT2D eigenvalue weighted by atomic mass is 16.2. The maximum atomic E-state index is 12.3. The standard InChI is InChI=1S/C13H17N3O/c1-2-6-16(7-5-14)13(17)11-9-3-4-10(8-9)12(11)15/h1,9-12H,3-4,6-8,15H2. The van der Waals surface area contributed by atoms with Crippen LogP contribution in [0.2, 0.25) is 0 Å². The first-order chi connectivity index (χ1) is 8.19. The minimum atomic E-state index is -0.115. The Labute approximate surface area is 102 Å². The summed E-state index contributed by atoms with van der Waals surface area (Å²) in [5.41, 5.74) is 6.11. The monoisotopic (exact) mass is 231 g/mol. The molecule has 2 aliphatic carbocycles. The summed E-state index contributed by atoms with van der Waals surface area (Å²) in [7, 11) is 0. The largest absolute Gasteiger partial charge is 0.327 e. The Bertz CT molecular complexity index is 374. The second-order valence-corrected chi connectivity index (χ2v) is 4.99. The molecule has 90 valence electrons. The van der Waals surface area contributed by atoms with Gasteiger partial charge in [-0.15, -0.1) is 6.42 Å². The number of rotatable bonds is 3. The van der Waals surface area contributed by atoms with Crippen LogP contribution in [0.25, 0.3) is 0 Å². The van der Waals surface area contributed by atoms with Crippen molar-refractivity contribution in [3.8, 4) is 18.4 Å². The van der Waals surface area contributed by atoms with Gasteiger partial charge in [-0.3, -0.25) is 4.79 Å². The van der Waals surface area contributed by atoms with Crippen LogP contribution in [0.3, 0.4) is 0 Å². The highest BCUT2D eigenvalue weighted by Crippen LogP contribution is 2.48. The van der Waals surface area contributed by atoms with Crippen molar-refractivity contribution < 1.29 is 4.79 Å². The third-order valence-corrected chi connectivity index (χ3v) is 4.12. The predicted octanol–water partition coefficient (Wildman–Crippen LogP) is 0.345. The number of hydrogen-bond acceptors (Lipinski definition) is 3. The van der Waals surface area contributed by atoms with Gasteiger partial charge < -0.3 is 10.6 Å². The number of amides is 1. The molecule has 2 fully saturated rings. The molecule has 4 nitrogen and oxygen atoms in total. The maximum Gasteiger partial charge on any atom is 0.229 e. The number of nitriles is 1. The van der Waals surface area contributed by atoms with Crippen molar-refractivity contribution in [2.45, 2.75) is 25.3 Å². The molecule has 4 heteroatoms. The molecule has 2 aliphatic rings. The van der Waals surface area contributed by atoms with Crippen molar-refractivity contribution in [2.75, 3.05) is 13.1 Å². The van der Waals surface area contributed by atoms with Gasteiger partial charge in [-0.1, -0.05) is 5.92 Å². The number of carbonyl (C=O) groups is 1. The summed E-state index contributed by atoms with van der Waals surface area (Å²) >= 11 is 0. The van der Waals surface area contributed by atoms with Gasteiger partial charge in [0.05, 0.1) is 18.5 Å². The second-order valence-electron chi connectivity index (χ2n) is 4.99. The van der Waals surface area contributed by atoms with Crippen LogP contribution in [0.15, 0.2) is 0 Å². The third-order valence-electron chi connectivity index (χ3n) is 4.12. The average molecular weight is 231 g/mol. The van der Waals surface area contributed by atoms with E-state index in [-0.39, 0.29) is 31.0 Å². The molecule has 0 aromatic rings. The van der Waals surface area contributed by atoms with Gasteiger partial charge in [0, 0.05) is 6.04 Å². The number of terminal acetylenes is 1. The van der Waals surface area contributed by atoms with E-state index in [2.05, 4.69) is 5.92 Å². The molecule has 0 aliphatic heterocycles. The first-order valence-corrected chi connectivity index (χ1v) is 6.03. The Morgan fingerprint density at radius 3 is 2.65 bits per heavy atom. The van der Waals surface area contributed by atoms with Crippen molar-refractivity contribution in [3.05, 3.63) is 0 Å². The quantitative estimate of drug-likeness (QED) is 0.562. The first-order valence-electron chi connectivity index (χ1n) is 6.03. The van der Waals surface area contributed by atoms with Crippen LogP contribution >= 0.6 is 0 Å². The first kappa shape index (κ1) is 12.0. The molecule has 0 aromatic heterocycles. The number of hydrogen-bond donors (Lipinski definition) is 1. The van der Waals surface area contributed by atoms with Crippen LogP contribution in [-0.2, 0) is 4.79 Å². The molecule has 2 saturated carbocycles. The Kier molecular flexibility index (Phi) is 3.36. The van der Waals surface area contributed by atoms with E-state index >= 15 is 0 Å². The van der Waals surface area contributed by atoms with Crippen molar-refractivity contribution in [1.82, 2.24) is 4.90 Å². The topological polar surface area (TPSA) is 70.1 Å². The zero-order valence-electron chi connectivity index (χ0n) is 9.80. The van der Waals surface area contributed by atoms with Gasteiger partial charge in [0.1, 0.15) is 6.54 Å². The van der Waals surface area contributed by atoms with E-state index in [1.54, 1.807) is 0 Å². The number of nitrogens with two attached hydrogens (primary N) is 1. The lowest BCUT2D eigenvalue weighted by atomic mass is 9.84. The van der Waals surface area contributed by atoms with Gasteiger partial charge in [-0.25, -0.2) is 0 Å². The molecule has 2 bridgehead atoms. The van der Waals surface area contributed by atoms with E-state index in [0.717, 1.165) is 19.3 Å². The minimum absolute atomic E-state index is 0.0239. The second kappa shape index (κ2) is 4.77. The Hall–Kier alpha value is -1.52. The molecule has 1 amide bonds. The Morgan fingerprint density at radius 2 is 2.12 bits per heavy atom. The van der Waals surface area contributed by atoms with E-state index in [1.807, 2.05) is 6.07 Å². The zero-order valence-corrected chi connectivity index (χ0v) is 9.80. The molecule has 0 heterocycles. The summed E-state index contributed by atoms with van der Waals surface area (Å²) in [5.74, 6) is 3.18. The molecule has 4 atom stereocenters. The number of carbonyl (C=O) groups excluding carboxylic acids is 1. The van der Waals surface area contributed by atoms with Crippen LogP contribution in [-0.4, -0.2) is 29.9 Å². The normalized spacial score (nSPS) is 34.1. The van der Waals surface area contributed by atoms with Gasteiger partial charge in [-0.05, 0) is 31.1 Å². The highest BCUT2D eigenvalue weighted by molar-refractivity contribution is 5.81. The summed E-state index contributed by atoms with van der Waals surface area (Å²) in [6.07, 6.45) is 8.52. The summed E-state index contributed by atoms with van der Waals surface area (Å²) < 4.78 is 0. The van der Waals surface area contributed by atoms with Gasteiger partial charge in [0.25, 0.3) is 0 Å². The SMILES string of the molecule is C#CCN(CC#N)C(=O)C1C2CCC(C2)C1N.